The summed E-state index contributed by atoms with van der Waals surface area (Å²) in [5.74, 6) is 0.101. The van der Waals surface area contributed by atoms with E-state index in [2.05, 4.69) is 15.5 Å². The number of nitrogens with one attached hydrogen (secondary N) is 2. The largest absolute Gasteiger partial charge is 0.355 e. The maximum atomic E-state index is 11.9. The van der Waals surface area contributed by atoms with Crippen LogP contribution >= 0.6 is 11.6 Å². The summed E-state index contributed by atoms with van der Waals surface area (Å²) in [5, 5.41) is 6.96. The van der Waals surface area contributed by atoms with Crippen LogP contribution in [0.3, 0.4) is 0 Å². The highest BCUT2D eigenvalue weighted by Crippen LogP contribution is 2.11. The van der Waals surface area contributed by atoms with Crippen molar-refractivity contribution in [2.75, 3.05) is 33.2 Å². The van der Waals surface area contributed by atoms with Crippen LogP contribution in [0.15, 0.2) is 24.3 Å². The van der Waals surface area contributed by atoms with Gasteiger partial charge in [-0.25, -0.2) is 0 Å². The molecule has 1 aliphatic rings. The fraction of sp³-hybridized carbons (Fsp3) is 0.533. The zero-order valence-electron chi connectivity index (χ0n) is 11.9. The maximum absolute atomic E-state index is 11.9. The molecule has 5 heteroatoms. The van der Waals surface area contributed by atoms with Crippen LogP contribution in [0.5, 0.6) is 0 Å². The van der Waals surface area contributed by atoms with E-state index in [0.29, 0.717) is 19.1 Å². The highest BCUT2D eigenvalue weighted by Gasteiger charge is 2.22. The lowest BCUT2D eigenvalue weighted by molar-refractivity contribution is -0.121. The van der Waals surface area contributed by atoms with Crippen molar-refractivity contribution in [3.8, 4) is 0 Å². The monoisotopic (exact) mass is 295 g/mol. The minimum atomic E-state index is 0.101. The molecule has 4 nitrogen and oxygen atoms in total. The predicted molar refractivity (Wildman–Crippen MR) is 82.1 cm³/mol. The van der Waals surface area contributed by atoms with Gasteiger partial charge in [0.2, 0.25) is 5.91 Å². The number of hydrogen-bond donors (Lipinski definition) is 2. The number of likely N-dealkylation sites (tertiary alicyclic amines) is 1. The van der Waals surface area contributed by atoms with Crippen molar-refractivity contribution in [1.82, 2.24) is 15.5 Å². The van der Waals surface area contributed by atoms with E-state index in [-0.39, 0.29) is 5.91 Å². The van der Waals surface area contributed by atoms with Gasteiger partial charge in [-0.3, -0.25) is 9.69 Å². The molecule has 1 atom stereocenters. The summed E-state index contributed by atoms with van der Waals surface area (Å²) in [4.78, 5) is 14.0. The molecule has 0 bridgehead atoms. The second kappa shape index (κ2) is 7.62. The van der Waals surface area contributed by atoms with Crippen molar-refractivity contribution in [1.29, 1.82) is 0 Å². The van der Waals surface area contributed by atoms with Crippen molar-refractivity contribution in [3.63, 3.8) is 0 Å². The van der Waals surface area contributed by atoms with Crippen LogP contribution < -0.4 is 10.6 Å². The molecule has 1 aromatic carbocycles. The van der Waals surface area contributed by atoms with Gasteiger partial charge >= 0.3 is 0 Å². The van der Waals surface area contributed by atoms with Gasteiger partial charge in [-0.1, -0.05) is 23.7 Å². The Hall–Kier alpha value is -1.10. The van der Waals surface area contributed by atoms with Crippen molar-refractivity contribution < 1.29 is 4.79 Å². The Kier molecular flexibility index (Phi) is 5.83. The van der Waals surface area contributed by atoms with E-state index in [1.165, 1.54) is 0 Å². The SMILES string of the molecule is CNC1CCN(CC(=O)NCCc2cccc(Cl)c2)C1. The predicted octanol–water partition coefficient (Wildman–Crippen LogP) is 1.29. The summed E-state index contributed by atoms with van der Waals surface area (Å²) >= 11 is 5.93. The molecule has 1 aromatic rings. The van der Waals surface area contributed by atoms with Crippen LogP contribution in [0.25, 0.3) is 0 Å². The molecule has 20 heavy (non-hydrogen) atoms. The summed E-state index contributed by atoms with van der Waals surface area (Å²) < 4.78 is 0. The van der Waals surface area contributed by atoms with Gasteiger partial charge in [0.05, 0.1) is 6.54 Å². The molecule has 110 valence electrons. The van der Waals surface area contributed by atoms with Crippen LogP contribution in [-0.4, -0.2) is 50.1 Å². The number of rotatable bonds is 6. The number of likely N-dealkylation sites (N-methyl/N-ethyl adjacent to an activating group) is 1. The highest BCUT2D eigenvalue weighted by atomic mass is 35.5. The summed E-state index contributed by atoms with van der Waals surface area (Å²) in [6.45, 7) is 3.10. The van der Waals surface area contributed by atoms with E-state index >= 15 is 0 Å². The van der Waals surface area contributed by atoms with Crippen molar-refractivity contribution in [3.05, 3.63) is 34.9 Å². The van der Waals surface area contributed by atoms with E-state index < -0.39 is 0 Å². The second-order valence-electron chi connectivity index (χ2n) is 5.24. The Balaban J connectivity index is 1.65. The molecule has 1 unspecified atom stereocenters. The summed E-state index contributed by atoms with van der Waals surface area (Å²) in [6, 6.07) is 8.27. The van der Waals surface area contributed by atoms with Gasteiger partial charge < -0.3 is 10.6 Å². The molecule has 0 aromatic heterocycles. The van der Waals surface area contributed by atoms with Gasteiger partial charge in [0, 0.05) is 30.7 Å². The number of carbonyl (C=O) groups is 1. The van der Waals surface area contributed by atoms with Crippen molar-refractivity contribution in [2.24, 2.45) is 0 Å². The molecule has 1 saturated heterocycles. The summed E-state index contributed by atoms with van der Waals surface area (Å²) in [7, 11) is 1.97. The van der Waals surface area contributed by atoms with Gasteiger partial charge in [0.15, 0.2) is 0 Å². The lowest BCUT2D eigenvalue weighted by atomic mass is 10.1. The molecule has 2 N–H and O–H groups in total. The third-order valence-corrected chi connectivity index (χ3v) is 3.91. The molecule has 0 radical (unpaired) electrons. The van der Waals surface area contributed by atoms with Gasteiger partial charge in [0.1, 0.15) is 0 Å². The Morgan fingerprint density at radius 3 is 3.05 bits per heavy atom. The number of hydrogen-bond acceptors (Lipinski definition) is 3. The number of nitrogens with zero attached hydrogens (tertiary/aromatic N) is 1. The summed E-state index contributed by atoms with van der Waals surface area (Å²) in [5.41, 5.74) is 1.15. The normalized spacial score (nSPS) is 19.2. The van der Waals surface area contributed by atoms with E-state index in [0.717, 1.165) is 36.5 Å². The fourth-order valence-corrected chi connectivity index (χ4v) is 2.72. The van der Waals surface area contributed by atoms with Gasteiger partial charge in [-0.15, -0.1) is 0 Å². The zero-order valence-corrected chi connectivity index (χ0v) is 12.6. The molecular weight excluding hydrogens is 274 g/mol. The quantitative estimate of drug-likeness (QED) is 0.831. The molecule has 2 rings (SSSR count). The molecular formula is C15H22ClN3O. The maximum Gasteiger partial charge on any atom is 0.234 e. The lowest BCUT2D eigenvalue weighted by Crippen LogP contribution is -2.38. The van der Waals surface area contributed by atoms with Crippen LogP contribution in [0.4, 0.5) is 0 Å². The van der Waals surface area contributed by atoms with E-state index in [4.69, 9.17) is 11.6 Å². The first kappa shape index (κ1) is 15.3. The molecule has 0 saturated carbocycles. The molecule has 1 heterocycles. The second-order valence-corrected chi connectivity index (χ2v) is 5.68. The smallest absolute Gasteiger partial charge is 0.234 e. The van der Waals surface area contributed by atoms with Gasteiger partial charge in [0.25, 0.3) is 0 Å². The minimum Gasteiger partial charge on any atom is -0.355 e. The Bertz CT molecular complexity index is 452. The average molecular weight is 296 g/mol. The van der Waals surface area contributed by atoms with E-state index in [1.807, 2.05) is 31.3 Å². The van der Waals surface area contributed by atoms with Crippen molar-refractivity contribution >= 4 is 17.5 Å². The minimum absolute atomic E-state index is 0.101. The average Bonchev–Trinajstić information content (AvgIpc) is 2.86. The standard InChI is InChI=1S/C15H22ClN3O/c1-17-14-6-8-19(10-14)11-15(20)18-7-5-12-3-2-4-13(16)9-12/h2-4,9,14,17H,5-8,10-11H2,1H3,(H,18,20). The Morgan fingerprint density at radius 1 is 1.50 bits per heavy atom. The number of amides is 1. The molecule has 1 fully saturated rings. The molecule has 0 aliphatic carbocycles. The highest BCUT2D eigenvalue weighted by molar-refractivity contribution is 6.30. The van der Waals surface area contributed by atoms with Crippen LogP contribution in [0, 0.1) is 0 Å². The van der Waals surface area contributed by atoms with Gasteiger partial charge in [-0.2, -0.15) is 0 Å². The molecule has 0 spiro atoms. The lowest BCUT2D eigenvalue weighted by Gasteiger charge is -2.15. The van der Waals surface area contributed by atoms with Crippen LogP contribution in [0.1, 0.15) is 12.0 Å². The first-order valence-corrected chi connectivity index (χ1v) is 7.46. The molecule has 1 amide bonds. The fourth-order valence-electron chi connectivity index (χ4n) is 2.51. The molecule has 1 aliphatic heterocycles. The van der Waals surface area contributed by atoms with Crippen molar-refractivity contribution in [2.45, 2.75) is 18.9 Å². The van der Waals surface area contributed by atoms with Crippen LogP contribution in [0.2, 0.25) is 5.02 Å². The third kappa shape index (κ3) is 4.78. The first-order valence-electron chi connectivity index (χ1n) is 7.08. The van der Waals surface area contributed by atoms with Crippen LogP contribution in [-0.2, 0) is 11.2 Å². The topological polar surface area (TPSA) is 44.4 Å². The number of benzene rings is 1. The van der Waals surface area contributed by atoms with E-state index in [1.54, 1.807) is 0 Å². The number of halogens is 1. The summed E-state index contributed by atoms with van der Waals surface area (Å²) in [6.07, 6.45) is 1.93. The number of carbonyl (C=O) groups excluding carboxylic acids is 1. The first-order chi connectivity index (χ1) is 9.67. The van der Waals surface area contributed by atoms with Gasteiger partial charge in [-0.05, 0) is 37.6 Å². The third-order valence-electron chi connectivity index (χ3n) is 3.67. The zero-order chi connectivity index (χ0) is 14.4. The van der Waals surface area contributed by atoms with E-state index in [9.17, 15) is 4.79 Å². The Labute approximate surface area is 125 Å². The Morgan fingerprint density at radius 2 is 2.35 bits per heavy atom.